The molecule has 7 heteroatoms. The number of nitrogens with zero attached hydrogens (tertiary/aromatic N) is 2. The molecule has 3 aromatic rings. The van der Waals surface area contributed by atoms with Crippen LogP contribution < -0.4 is 14.2 Å². The Morgan fingerprint density at radius 1 is 0.971 bits per heavy atom. The average Bonchev–Trinajstić information content (AvgIpc) is 3.42. The molecule has 0 aliphatic carbocycles. The number of aromatic amines is 1. The molecule has 2 aromatic carbocycles. The van der Waals surface area contributed by atoms with Crippen LogP contribution in [0, 0.1) is 0 Å². The van der Waals surface area contributed by atoms with E-state index >= 15 is 0 Å². The molecule has 1 N–H and O–H groups in total. The smallest absolute Gasteiger partial charge is 0.273 e. The Bertz CT molecular complexity index is 1140. The molecule has 1 amide bonds. The maximum absolute atomic E-state index is 13.5. The van der Waals surface area contributed by atoms with Crippen molar-refractivity contribution in [1.29, 1.82) is 0 Å². The molecule has 1 aliphatic heterocycles. The first kappa shape index (κ1) is 24.6. The van der Waals surface area contributed by atoms with Gasteiger partial charge in [-0.2, -0.15) is 5.10 Å². The first-order valence-electron chi connectivity index (χ1n) is 12.6. The van der Waals surface area contributed by atoms with Crippen LogP contribution in [0.3, 0.4) is 0 Å². The number of H-pyrrole nitrogens is 1. The van der Waals surface area contributed by atoms with E-state index in [1.165, 1.54) is 0 Å². The zero-order chi connectivity index (χ0) is 24.8. The molecule has 1 unspecified atom stereocenters. The van der Waals surface area contributed by atoms with E-state index in [9.17, 15) is 4.79 Å². The van der Waals surface area contributed by atoms with Gasteiger partial charge in [0.2, 0.25) is 0 Å². The maximum atomic E-state index is 13.5. The predicted molar refractivity (Wildman–Crippen MR) is 136 cm³/mol. The number of carbonyl (C=O) groups excluding carboxylic acids is 1. The van der Waals surface area contributed by atoms with Crippen molar-refractivity contribution in [1.82, 2.24) is 15.1 Å². The summed E-state index contributed by atoms with van der Waals surface area (Å²) < 4.78 is 17.3. The molecule has 0 fully saturated rings. The largest absolute Gasteiger partial charge is 0.497 e. The van der Waals surface area contributed by atoms with E-state index < -0.39 is 0 Å². The summed E-state index contributed by atoms with van der Waals surface area (Å²) >= 11 is 0. The van der Waals surface area contributed by atoms with Gasteiger partial charge in [-0.25, -0.2) is 0 Å². The number of ether oxygens (including phenoxy) is 3. The van der Waals surface area contributed by atoms with Crippen molar-refractivity contribution in [3.63, 3.8) is 0 Å². The molecule has 0 saturated heterocycles. The molecule has 1 atom stereocenters. The number of hydrogen-bond donors (Lipinski definition) is 1. The molecule has 35 heavy (non-hydrogen) atoms. The van der Waals surface area contributed by atoms with Gasteiger partial charge in [0.1, 0.15) is 11.4 Å². The third kappa shape index (κ3) is 4.99. The van der Waals surface area contributed by atoms with Crippen LogP contribution in [0.2, 0.25) is 0 Å². The number of amides is 1. The van der Waals surface area contributed by atoms with E-state index in [-0.39, 0.29) is 11.9 Å². The van der Waals surface area contributed by atoms with Crippen molar-refractivity contribution >= 4 is 5.91 Å². The number of hydrogen-bond acceptors (Lipinski definition) is 5. The summed E-state index contributed by atoms with van der Waals surface area (Å²) in [5.74, 6) is 2.19. The maximum Gasteiger partial charge on any atom is 0.273 e. The molecule has 7 nitrogen and oxygen atoms in total. The van der Waals surface area contributed by atoms with Gasteiger partial charge in [0, 0.05) is 17.7 Å². The number of methoxy groups -OCH3 is 1. The summed E-state index contributed by atoms with van der Waals surface area (Å²) in [5.41, 5.74) is 4.15. The Morgan fingerprint density at radius 3 is 2.43 bits per heavy atom. The monoisotopic (exact) mass is 477 g/mol. The van der Waals surface area contributed by atoms with Crippen LogP contribution in [0.1, 0.15) is 74.1 Å². The summed E-state index contributed by atoms with van der Waals surface area (Å²) in [6.45, 7) is 8.09. The summed E-state index contributed by atoms with van der Waals surface area (Å²) in [5, 5.41) is 7.59. The fourth-order valence-corrected chi connectivity index (χ4v) is 4.48. The second-order valence-electron chi connectivity index (χ2n) is 8.69. The standard InChI is InChI=1S/C28H35N3O4/c1-5-8-16-31-27(20-12-15-22(35-17-9-6-2)23(18-20)34-7-3)24-25(29-30-26(24)28(31)32)19-10-13-21(33-4)14-11-19/h10-15,18,27H,5-9,16-17H2,1-4H3,(H,29,30). The van der Waals surface area contributed by atoms with Crippen LogP contribution in [-0.4, -0.2) is 47.9 Å². The highest BCUT2D eigenvalue weighted by molar-refractivity contribution is 6.00. The summed E-state index contributed by atoms with van der Waals surface area (Å²) in [7, 11) is 1.65. The number of unbranched alkanes of at least 4 members (excludes halogenated alkanes) is 2. The molecule has 1 aromatic heterocycles. The highest BCUT2D eigenvalue weighted by Crippen LogP contribution is 2.44. The number of fused-ring (bicyclic) bond motifs is 1. The summed E-state index contributed by atoms with van der Waals surface area (Å²) in [4.78, 5) is 15.4. The quantitative estimate of drug-likeness (QED) is 0.323. The van der Waals surface area contributed by atoms with Crippen LogP contribution in [0.15, 0.2) is 42.5 Å². The van der Waals surface area contributed by atoms with Crippen molar-refractivity contribution in [2.75, 3.05) is 26.9 Å². The molecule has 186 valence electrons. The lowest BCUT2D eigenvalue weighted by molar-refractivity contribution is 0.0741. The van der Waals surface area contributed by atoms with Crippen LogP contribution in [-0.2, 0) is 0 Å². The highest BCUT2D eigenvalue weighted by Gasteiger charge is 2.42. The van der Waals surface area contributed by atoms with Crippen molar-refractivity contribution < 1.29 is 19.0 Å². The third-order valence-corrected chi connectivity index (χ3v) is 6.32. The van der Waals surface area contributed by atoms with Gasteiger partial charge in [-0.05, 0) is 61.7 Å². The Hall–Kier alpha value is -3.48. The minimum atomic E-state index is -0.260. The van der Waals surface area contributed by atoms with Crippen LogP contribution >= 0.6 is 0 Å². The summed E-state index contributed by atoms with van der Waals surface area (Å²) in [6.07, 6.45) is 3.98. The number of nitrogens with one attached hydrogen (secondary N) is 1. The Kier molecular flexibility index (Phi) is 7.95. The van der Waals surface area contributed by atoms with Crippen LogP contribution in [0.25, 0.3) is 11.3 Å². The van der Waals surface area contributed by atoms with Crippen molar-refractivity contribution in [2.24, 2.45) is 0 Å². The molecule has 2 heterocycles. The van der Waals surface area contributed by atoms with Gasteiger partial charge in [0.15, 0.2) is 11.5 Å². The SMILES string of the molecule is CCCCOc1ccc(C2c3c(-c4ccc(OC)cc4)n[nH]c3C(=O)N2CCCC)cc1OCC. The van der Waals surface area contributed by atoms with Gasteiger partial charge in [0.05, 0.1) is 32.1 Å². The van der Waals surface area contributed by atoms with Gasteiger partial charge in [-0.3, -0.25) is 9.89 Å². The second kappa shape index (κ2) is 11.3. The Morgan fingerprint density at radius 2 is 1.74 bits per heavy atom. The fraction of sp³-hybridized carbons (Fsp3) is 0.429. The molecule has 0 spiro atoms. The zero-order valence-electron chi connectivity index (χ0n) is 21.1. The van der Waals surface area contributed by atoms with Crippen LogP contribution in [0.5, 0.6) is 17.2 Å². The van der Waals surface area contributed by atoms with E-state index in [0.29, 0.717) is 31.2 Å². The Balaban J connectivity index is 1.78. The minimum Gasteiger partial charge on any atom is -0.497 e. The minimum absolute atomic E-state index is 0.0213. The molecular formula is C28H35N3O4. The Labute approximate surface area is 207 Å². The van der Waals surface area contributed by atoms with Gasteiger partial charge < -0.3 is 19.1 Å². The lowest BCUT2D eigenvalue weighted by Gasteiger charge is -2.27. The number of rotatable bonds is 12. The summed E-state index contributed by atoms with van der Waals surface area (Å²) in [6, 6.07) is 13.5. The van der Waals surface area contributed by atoms with Gasteiger partial charge >= 0.3 is 0 Å². The van der Waals surface area contributed by atoms with E-state index in [0.717, 1.165) is 59.6 Å². The lowest BCUT2D eigenvalue weighted by atomic mass is 9.95. The molecule has 4 rings (SSSR count). The normalized spacial score (nSPS) is 14.8. The number of carbonyl (C=O) groups is 1. The van der Waals surface area contributed by atoms with Crippen LogP contribution in [0.4, 0.5) is 0 Å². The topological polar surface area (TPSA) is 76.7 Å². The fourth-order valence-electron chi connectivity index (χ4n) is 4.48. The molecule has 0 bridgehead atoms. The average molecular weight is 478 g/mol. The van der Waals surface area contributed by atoms with Gasteiger partial charge in [0.25, 0.3) is 5.91 Å². The molecule has 1 aliphatic rings. The van der Waals surface area contributed by atoms with Crippen molar-refractivity contribution in [3.8, 4) is 28.5 Å². The van der Waals surface area contributed by atoms with Gasteiger partial charge in [-0.1, -0.05) is 32.8 Å². The molecular weight excluding hydrogens is 442 g/mol. The predicted octanol–water partition coefficient (Wildman–Crippen LogP) is 6.01. The highest BCUT2D eigenvalue weighted by atomic mass is 16.5. The first-order valence-corrected chi connectivity index (χ1v) is 12.6. The van der Waals surface area contributed by atoms with E-state index in [1.807, 2.05) is 54.3 Å². The van der Waals surface area contributed by atoms with Crippen molar-refractivity contribution in [2.45, 2.75) is 52.5 Å². The number of aromatic nitrogens is 2. The second-order valence-corrected chi connectivity index (χ2v) is 8.69. The van der Waals surface area contributed by atoms with E-state index in [1.54, 1.807) is 7.11 Å². The number of benzene rings is 2. The van der Waals surface area contributed by atoms with Crippen molar-refractivity contribution in [3.05, 3.63) is 59.3 Å². The molecule has 0 saturated carbocycles. The molecule has 0 radical (unpaired) electrons. The zero-order valence-corrected chi connectivity index (χ0v) is 21.1. The van der Waals surface area contributed by atoms with E-state index in [4.69, 9.17) is 14.2 Å². The third-order valence-electron chi connectivity index (χ3n) is 6.32. The van der Waals surface area contributed by atoms with E-state index in [2.05, 4.69) is 24.0 Å². The lowest BCUT2D eigenvalue weighted by Crippen LogP contribution is -2.30. The van der Waals surface area contributed by atoms with Gasteiger partial charge in [-0.15, -0.1) is 0 Å². The first-order chi connectivity index (χ1) is 17.1.